The number of benzene rings is 1. The molecule has 2 unspecified atom stereocenters. The summed E-state index contributed by atoms with van der Waals surface area (Å²) >= 11 is 0. The van der Waals surface area contributed by atoms with E-state index in [1.165, 1.54) is 12.8 Å². The summed E-state index contributed by atoms with van der Waals surface area (Å²) in [6.45, 7) is 6.25. The van der Waals surface area contributed by atoms with Crippen molar-refractivity contribution in [3.05, 3.63) is 48.3 Å². The molecular formula is C20H26N4O. The number of fused-ring (bicyclic) bond motifs is 2. The molecule has 4 rings (SSSR count). The van der Waals surface area contributed by atoms with E-state index >= 15 is 0 Å². The SMILES string of the molecule is CC(C)N1C2CCC1CN(C(=O)c1cccc(-n3cccn3)c1)CC2. The van der Waals surface area contributed by atoms with E-state index in [4.69, 9.17) is 0 Å². The Kier molecular flexibility index (Phi) is 4.34. The lowest BCUT2D eigenvalue weighted by Crippen LogP contribution is -2.44. The molecular weight excluding hydrogens is 312 g/mol. The third kappa shape index (κ3) is 3.09. The summed E-state index contributed by atoms with van der Waals surface area (Å²) < 4.78 is 1.79. The second kappa shape index (κ2) is 6.64. The molecule has 5 nitrogen and oxygen atoms in total. The van der Waals surface area contributed by atoms with Crippen LogP contribution < -0.4 is 0 Å². The van der Waals surface area contributed by atoms with Crippen LogP contribution in [0, 0.1) is 0 Å². The fourth-order valence-corrected chi connectivity index (χ4v) is 4.52. The number of carbonyl (C=O) groups excluding carboxylic acids is 1. The first kappa shape index (κ1) is 16.3. The van der Waals surface area contributed by atoms with Gasteiger partial charge in [0.1, 0.15) is 0 Å². The van der Waals surface area contributed by atoms with Crippen LogP contribution in [0.15, 0.2) is 42.7 Å². The molecule has 0 spiro atoms. The molecule has 25 heavy (non-hydrogen) atoms. The standard InChI is InChI=1S/C20H26N4O/c1-15(2)24-17-7-8-19(24)14-22(12-9-17)20(25)16-5-3-6-18(13-16)23-11-4-10-21-23/h3-6,10-11,13,15,17,19H,7-9,12,14H2,1-2H3. The summed E-state index contributed by atoms with van der Waals surface area (Å²) in [5.74, 6) is 0.144. The zero-order valence-corrected chi connectivity index (χ0v) is 15.0. The highest BCUT2D eigenvalue weighted by Gasteiger charge is 2.39. The van der Waals surface area contributed by atoms with Gasteiger partial charge in [0.25, 0.3) is 5.91 Å². The quantitative estimate of drug-likeness (QED) is 0.864. The lowest BCUT2D eigenvalue weighted by Gasteiger charge is -2.32. The summed E-state index contributed by atoms with van der Waals surface area (Å²) in [6.07, 6.45) is 7.22. The van der Waals surface area contributed by atoms with Crippen molar-refractivity contribution >= 4 is 5.91 Å². The number of amides is 1. The van der Waals surface area contributed by atoms with Crippen molar-refractivity contribution in [1.82, 2.24) is 19.6 Å². The Balaban J connectivity index is 1.55. The van der Waals surface area contributed by atoms with Crippen LogP contribution in [-0.4, -0.2) is 56.7 Å². The zero-order valence-electron chi connectivity index (χ0n) is 15.0. The lowest BCUT2D eigenvalue weighted by atomic mass is 10.1. The number of aromatic nitrogens is 2. The Morgan fingerprint density at radius 2 is 2.00 bits per heavy atom. The fourth-order valence-electron chi connectivity index (χ4n) is 4.52. The molecule has 3 heterocycles. The summed E-state index contributed by atoms with van der Waals surface area (Å²) in [7, 11) is 0. The topological polar surface area (TPSA) is 41.4 Å². The highest BCUT2D eigenvalue weighted by molar-refractivity contribution is 5.94. The Labute approximate surface area is 149 Å². The molecule has 2 aliphatic heterocycles. The second-order valence-electron chi connectivity index (χ2n) is 7.47. The van der Waals surface area contributed by atoms with E-state index in [9.17, 15) is 4.79 Å². The average molecular weight is 338 g/mol. The van der Waals surface area contributed by atoms with E-state index < -0.39 is 0 Å². The summed E-state index contributed by atoms with van der Waals surface area (Å²) in [5, 5.41) is 4.26. The van der Waals surface area contributed by atoms with Crippen LogP contribution in [0.4, 0.5) is 0 Å². The van der Waals surface area contributed by atoms with Gasteiger partial charge < -0.3 is 4.90 Å². The van der Waals surface area contributed by atoms with Crippen molar-refractivity contribution in [3.8, 4) is 5.69 Å². The van der Waals surface area contributed by atoms with Gasteiger partial charge in [-0.2, -0.15) is 5.10 Å². The van der Waals surface area contributed by atoms with Crippen LogP contribution >= 0.6 is 0 Å². The predicted octanol–water partition coefficient (Wildman–Crippen LogP) is 2.96. The molecule has 2 bridgehead atoms. The number of carbonyl (C=O) groups is 1. The van der Waals surface area contributed by atoms with Gasteiger partial charge in [-0.3, -0.25) is 9.69 Å². The van der Waals surface area contributed by atoms with Gasteiger partial charge in [0.2, 0.25) is 0 Å². The number of nitrogens with zero attached hydrogens (tertiary/aromatic N) is 4. The molecule has 2 saturated heterocycles. The van der Waals surface area contributed by atoms with E-state index in [-0.39, 0.29) is 5.91 Å². The second-order valence-corrected chi connectivity index (χ2v) is 7.47. The maximum Gasteiger partial charge on any atom is 0.253 e. The van der Waals surface area contributed by atoms with E-state index in [0.717, 1.165) is 30.8 Å². The van der Waals surface area contributed by atoms with Crippen molar-refractivity contribution in [2.75, 3.05) is 13.1 Å². The molecule has 5 heteroatoms. The largest absolute Gasteiger partial charge is 0.337 e. The van der Waals surface area contributed by atoms with E-state index in [0.29, 0.717) is 18.1 Å². The Hall–Kier alpha value is -2.14. The highest BCUT2D eigenvalue weighted by atomic mass is 16.2. The number of likely N-dealkylation sites (tertiary alicyclic amines) is 1. The van der Waals surface area contributed by atoms with Gasteiger partial charge in [0.05, 0.1) is 5.69 Å². The number of rotatable bonds is 3. The average Bonchev–Trinajstić information content (AvgIpc) is 3.22. The van der Waals surface area contributed by atoms with Crippen molar-refractivity contribution in [2.45, 2.75) is 51.2 Å². The molecule has 2 aromatic rings. The molecule has 1 aromatic carbocycles. The minimum Gasteiger partial charge on any atom is -0.337 e. The zero-order chi connectivity index (χ0) is 17.4. The minimum absolute atomic E-state index is 0.144. The Morgan fingerprint density at radius 1 is 1.16 bits per heavy atom. The fraction of sp³-hybridized carbons (Fsp3) is 0.500. The van der Waals surface area contributed by atoms with Gasteiger partial charge in [-0.15, -0.1) is 0 Å². The number of hydrogen-bond acceptors (Lipinski definition) is 3. The van der Waals surface area contributed by atoms with Crippen LogP contribution in [0.5, 0.6) is 0 Å². The van der Waals surface area contributed by atoms with Crippen LogP contribution in [-0.2, 0) is 0 Å². The molecule has 2 aliphatic rings. The first-order chi connectivity index (χ1) is 12.1. The van der Waals surface area contributed by atoms with Gasteiger partial charge in [-0.1, -0.05) is 6.07 Å². The molecule has 0 radical (unpaired) electrons. The predicted molar refractivity (Wildman–Crippen MR) is 97.9 cm³/mol. The van der Waals surface area contributed by atoms with Crippen molar-refractivity contribution in [2.24, 2.45) is 0 Å². The van der Waals surface area contributed by atoms with E-state index in [2.05, 4.69) is 28.7 Å². The van der Waals surface area contributed by atoms with E-state index in [1.807, 2.05) is 36.5 Å². The van der Waals surface area contributed by atoms with Gasteiger partial charge in [0.15, 0.2) is 0 Å². The van der Waals surface area contributed by atoms with Crippen LogP contribution in [0.25, 0.3) is 5.69 Å². The van der Waals surface area contributed by atoms with Gasteiger partial charge >= 0.3 is 0 Å². The first-order valence-corrected chi connectivity index (χ1v) is 9.30. The molecule has 0 N–H and O–H groups in total. The third-order valence-electron chi connectivity index (χ3n) is 5.59. The molecule has 132 valence electrons. The summed E-state index contributed by atoms with van der Waals surface area (Å²) in [5.41, 5.74) is 1.68. The molecule has 1 amide bonds. The van der Waals surface area contributed by atoms with E-state index in [1.54, 1.807) is 10.9 Å². The van der Waals surface area contributed by atoms with Crippen LogP contribution in [0.3, 0.4) is 0 Å². The molecule has 0 aliphatic carbocycles. The normalized spacial score (nSPS) is 23.9. The van der Waals surface area contributed by atoms with Gasteiger partial charge in [0, 0.05) is 49.2 Å². The monoisotopic (exact) mass is 338 g/mol. The Morgan fingerprint density at radius 3 is 2.76 bits per heavy atom. The number of hydrogen-bond donors (Lipinski definition) is 0. The smallest absolute Gasteiger partial charge is 0.253 e. The van der Waals surface area contributed by atoms with Crippen molar-refractivity contribution in [3.63, 3.8) is 0 Å². The Bertz CT molecular complexity index is 740. The van der Waals surface area contributed by atoms with Gasteiger partial charge in [-0.25, -0.2) is 4.68 Å². The first-order valence-electron chi connectivity index (χ1n) is 9.30. The molecule has 0 saturated carbocycles. The lowest BCUT2D eigenvalue weighted by molar-refractivity contribution is 0.0728. The summed E-state index contributed by atoms with van der Waals surface area (Å²) in [4.78, 5) is 17.8. The molecule has 1 aromatic heterocycles. The highest BCUT2D eigenvalue weighted by Crippen LogP contribution is 2.32. The van der Waals surface area contributed by atoms with Gasteiger partial charge in [-0.05, 0) is 57.4 Å². The van der Waals surface area contributed by atoms with Crippen LogP contribution in [0.2, 0.25) is 0 Å². The summed E-state index contributed by atoms with van der Waals surface area (Å²) in [6, 6.07) is 11.4. The van der Waals surface area contributed by atoms with Crippen molar-refractivity contribution < 1.29 is 4.79 Å². The maximum absolute atomic E-state index is 13.1. The van der Waals surface area contributed by atoms with Crippen molar-refractivity contribution in [1.29, 1.82) is 0 Å². The molecule has 2 atom stereocenters. The third-order valence-corrected chi connectivity index (χ3v) is 5.59. The van der Waals surface area contributed by atoms with Crippen LogP contribution in [0.1, 0.15) is 43.5 Å². The molecule has 2 fully saturated rings. The minimum atomic E-state index is 0.144. The maximum atomic E-state index is 13.1.